The zero-order valence-electron chi connectivity index (χ0n) is 12.7. The Kier molecular flexibility index (Phi) is 5.56. The number of hydrogen-bond donors (Lipinski definition) is 2. The number of aromatic nitrogens is 2. The number of carbonyl (C=O) groups excluding carboxylic acids is 1. The van der Waals surface area contributed by atoms with Crippen LogP contribution >= 0.6 is 8.38 Å². The van der Waals surface area contributed by atoms with Gasteiger partial charge in [0, 0.05) is 24.9 Å². The summed E-state index contributed by atoms with van der Waals surface area (Å²) < 4.78 is 13.4. The van der Waals surface area contributed by atoms with Crippen molar-refractivity contribution in [3.05, 3.63) is 11.9 Å². The normalized spacial score (nSPS) is 21.1. The maximum atomic E-state index is 11.3. The minimum Gasteiger partial charge on any atom is -0.364 e. The van der Waals surface area contributed by atoms with E-state index in [9.17, 15) is 4.79 Å². The summed E-state index contributed by atoms with van der Waals surface area (Å²) in [5.74, 6) is 0.565. The van der Waals surface area contributed by atoms with Crippen molar-refractivity contribution in [3.63, 3.8) is 0 Å². The molecule has 1 amide bonds. The lowest BCUT2D eigenvalue weighted by atomic mass is 10.0. The van der Waals surface area contributed by atoms with E-state index < -0.39 is 14.3 Å². The number of amides is 1. The highest BCUT2D eigenvalue weighted by Crippen LogP contribution is 2.44. The fourth-order valence-electron chi connectivity index (χ4n) is 2.41. The van der Waals surface area contributed by atoms with E-state index in [1.165, 1.54) is 0 Å². The van der Waals surface area contributed by atoms with Gasteiger partial charge in [-0.05, 0) is 19.8 Å². The second-order valence-corrected chi connectivity index (χ2v) is 6.54. The molecule has 7 nitrogen and oxygen atoms in total. The van der Waals surface area contributed by atoms with Crippen LogP contribution < -0.4 is 11.1 Å². The fraction of sp³-hybridized carbons (Fsp3) is 0.692. The van der Waals surface area contributed by atoms with Gasteiger partial charge in [-0.25, -0.2) is 4.98 Å². The Bertz CT molecular complexity index is 488. The molecule has 2 heterocycles. The smallest absolute Gasteiger partial charge is 0.268 e. The lowest BCUT2D eigenvalue weighted by molar-refractivity contribution is 0.0996. The Balaban J connectivity index is 2.20. The number of hydrogen-bond acceptors (Lipinski definition) is 5. The molecule has 1 aliphatic heterocycles. The van der Waals surface area contributed by atoms with Gasteiger partial charge in [-0.3, -0.25) is 4.79 Å². The van der Waals surface area contributed by atoms with Crippen LogP contribution in [0.1, 0.15) is 37.3 Å². The number of nitrogens with zero attached hydrogens (tertiary/aromatic N) is 2. The van der Waals surface area contributed by atoms with Gasteiger partial charge in [0.2, 0.25) is 5.95 Å². The average molecular weight is 314 g/mol. The minimum absolute atomic E-state index is 0.186. The van der Waals surface area contributed by atoms with Crippen molar-refractivity contribution in [2.75, 3.05) is 31.2 Å². The number of primary amides is 1. The molecule has 1 aliphatic rings. The van der Waals surface area contributed by atoms with Crippen molar-refractivity contribution < 1.29 is 13.8 Å². The molecule has 2 rings (SSSR count). The van der Waals surface area contributed by atoms with Gasteiger partial charge in [0.15, 0.2) is 8.38 Å². The third kappa shape index (κ3) is 3.73. The van der Waals surface area contributed by atoms with Gasteiger partial charge in [0.25, 0.3) is 5.91 Å². The Morgan fingerprint density at radius 3 is 2.76 bits per heavy atom. The topological polar surface area (TPSA) is 91.4 Å². The first-order valence-corrected chi connectivity index (χ1v) is 8.59. The molecule has 0 saturated carbocycles. The van der Waals surface area contributed by atoms with Crippen molar-refractivity contribution in [2.45, 2.75) is 26.8 Å². The van der Waals surface area contributed by atoms with Crippen molar-refractivity contribution in [3.8, 4) is 0 Å². The van der Waals surface area contributed by atoms with Gasteiger partial charge in [-0.15, -0.1) is 0 Å². The average Bonchev–Trinajstić information content (AvgIpc) is 2.87. The number of nitrogens with two attached hydrogens (primary N) is 1. The maximum Gasteiger partial charge on any atom is 0.268 e. The number of nitrogens with one attached hydrogen (secondary N) is 1. The Hall–Kier alpha value is -1.17. The Labute approximate surface area is 126 Å². The summed E-state index contributed by atoms with van der Waals surface area (Å²) in [7, 11) is -0.933. The van der Waals surface area contributed by atoms with Crippen LogP contribution in [0, 0.1) is 5.92 Å². The molecule has 0 fully saturated rings. The maximum absolute atomic E-state index is 11.3. The van der Waals surface area contributed by atoms with Gasteiger partial charge >= 0.3 is 0 Å². The monoisotopic (exact) mass is 314 g/mol. The Morgan fingerprint density at radius 1 is 1.52 bits per heavy atom. The van der Waals surface area contributed by atoms with Crippen LogP contribution in [-0.4, -0.2) is 41.4 Å². The molecule has 0 saturated heterocycles. The first kappa shape index (κ1) is 16.2. The number of imidazole rings is 1. The highest BCUT2D eigenvalue weighted by Gasteiger charge is 2.31. The van der Waals surface area contributed by atoms with E-state index in [1.807, 2.05) is 18.4 Å². The number of rotatable bonds is 7. The molecular formula is C13H23N4O3P. The van der Waals surface area contributed by atoms with Crippen LogP contribution in [0.2, 0.25) is 0 Å². The van der Waals surface area contributed by atoms with Crippen LogP contribution in [0.15, 0.2) is 6.20 Å². The first-order chi connectivity index (χ1) is 10.1. The summed E-state index contributed by atoms with van der Waals surface area (Å²) in [4.78, 5) is 15.5. The van der Waals surface area contributed by atoms with Crippen molar-refractivity contribution in [1.29, 1.82) is 0 Å². The molecule has 1 aromatic rings. The lowest BCUT2D eigenvalue weighted by Gasteiger charge is -2.33. The number of carbonyl (C=O) groups is 1. The lowest BCUT2D eigenvalue weighted by Crippen LogP contribution is -2.32. The van der Waals surface area contributed by atoms with Crippen molar-refractivity contribution >= 4 is 20.2 Å². The molecule has 2 atom stereocenters. The molecule has 0 aromatic carbocycles. The molecule has 0 aliphatic carbocycles. The molecule has 8 heteroatoms. The van der Waals surface area contributed by atoms with Crippen molar-refractivity contribution in [1.82, 2.24) is 9.55 Å². The van der Waals surface area contributed by atoms with Gasteiger partial charge in [-0.1, -0.05) is 6.92 Å². The van der Waals surface area contributed by atoms with E-state index >= 15 is 0 Å². The third-order valence-electron chi connectivity index (χ3n) is 3.46. The van der Waals surface area contributed by atoms with Gasteiger partial charge in [-0.2, -0.15) is 0 Å². The van der Waals surface area contributed by atoms with Gasteiger partial charge < -0.3 is 24.7 Å². The zero-order chi connectivity index (χ0) is 15.4. The molecule has 2 unspecified atom stereocenters. The quantitative estimate of drug-likeness (QED) is 0.751. The van der Waals surface area contributed by atoms with Crippen LogP contribution in [0.3, 0.4) is 0 Å². The van der Waals surface area contributed by atoms with E-state index in [1.54, 1.807) is 6.20 Å². The highest BCUT2D eigenvalue weighted by atomic mass is 31.2. The predicted molar refractivity (Wildman–Crippen MR) is 82.5 cm³/mol. The van der Waals surface area contributed by atoms with Crippen LogP contribution in [0.4, 0.5) is 5.95 Å². The van der Waals surface area contributed by atoms with E-state index in [-0.39, 0.29) is 11.7 Å². The first-order valence-electron chi connectivity index (χ1n) is 7.22. The summed E-state index contributed by atoms with van der Waals surface area (Å²) in [6, 6.07) is 0.186. The van der Waals surface area contributed by atoms with Crippen LogP contribution in [0.25, 0.3) is 0 Å². The zero-order valence-corrected chi connectivity index (χ0v) is 13.6. The second kappa shape index (κ2) is 7.20. The summed E-state index contributed by atoms with van der Waals surface area (Å²) >= 11 is 0. The van der Waals surface area contributed by atoms with Gasteiger partial charge in [0.1, 0.15) is 5.69 Å². The summed E-state index contributed by atoms with van der Waals surface area (Å²) in [6.45, 7) is 8.17. The summed E-state index contributed by atoms with van der Waals surface area (Å²) in [5, 5.41) is 3.22. The van der Waals surface area contributed by atoms with Crippen LogP contribution in [0.5, 0.6) is 0 Å². The van der Waals surface area contributed by atoms with E-state index in [2.05, 4.69) is 17.2 Å². The molecule has 1 aromatic heterocycles. The highest BCUT2D eigenvalue weighted by molar-refractivity contribution is 7.47. The van der Waals surface area contributed by atoms with Crippen molar-refractivity contribution in [2.24, 2.45) is 11.7 Å². The SMILES string of the molecule is CCOP(CC1C(C)CNc2nc(C(N)=O)cn21)OCC. The molecule has 0 spiro atoms. The van der Waals surface area contributed by atoms with E-state index in [0.29, 0.717) is 25.1 Å². The largest absolute Gasteiger partial charge is 0.364 e. The van der Waals surface area contributed by atoms with E-state index in [4.69, 9.17) is 14.8 Å². The fourth-order valence-corrected chi connectivity index (χ4v) is 4.11. The molecule has 0 radical (unpaired) electrons. The molecule has 118 valence electrons. The standard InChI is InChI=1S/C13H23N4O3P/c1-4-19-21(20-5-2)8-11-9(3)6-15-13-16-10(12(14)18)7-17(11)13/h7,9,11H,4-6,8H2,1-3H3,(H2,14,18)(H,15,16). The molecule has 21 heavy (non-hydrogen) atoms. The second-order valence-electron chi connectivity index (χ2n) is 5.00. The summed E-state index contributed by atoms with van der Waals surface area (Å²) in [6.07, 6.45) is 2.50. The van der Waals surface area contributed by atoms with Gasteiger partial charge in [0.05, 0.1) is 13.2 Å². The number of fused-ring (bicyclic) bond motifs is 1. The molecule has 0 bridgehead atoms. The molecule has 3 N–H and O–H groups in total. The third-order valence-corrected chi connectivity index (χ3v) is 5.23. The summed E-state index contributed by atoms with van der Waals surface area (Å²) in [5.41, 5.74) is 5.60. The number of anilines is 1. The Morgan fingerprint density at radius 2 is 2.19 bits per heavy atom. The predicted octanol–water partition coefficient (Wildman–Crippen LogP) is 1.97. The van der Waals surface area contributed by atoms with E-state index in [0.717, 1.165) is 12.7 Å². The minimum atomic E-state index is -0.933. The molecular weight excluding hydrogens is 291 g/mol. The van der Waals surface area contributed by atoms with Crippen LogP contribution in [-0.2, 0) is 9.05 Å².